The summed E-state index contributed by atoms with van der Waals surface area (Å²) < 4.78 is 0. The van der Waals surface area contributed by atoms with Crippen molar-refractivity contribution in [2.45, 2.75) is 39.2 Å². The number of amides is 2. The van der Waals surface area contributed by atoms with E-state index in [4.69, 9.17) is 0 Å². The summed E-state index contributed by atoms with van der Waals surface area (Å²) in [5.41, 5.74) is 3.51. The van der Waals surface area contributed by atoms with Crippen LogP contribution >= 0.6 is 0 Å². The first kappa shape index (κ1) is 18.5. The zero-order chi connectivity index (χ0) is 18.7. The number of benzene rings is 2. The van der Waals surface area contributed by atoms with E-state index in [2.05, 4.69) is 23.5 Å². The lowest BCUT2D eigenvalue weighted by Gasteiger charge is -2.42. The van der Waals surface area contributed by atoms with Crippen LogP contribution in [-0.4, -0.2) is 34.7 Å². The minimum atomic E-state index is -0.757. The van der Waals surface area contributed by atoms with Crippen molar-refractivity contribution in [1.82, 2.24) is 4.90 Å². The maximum absolute atomic E-state index is 12.7. The first-order valence-corrected chi connectivity index (χ1v) is 9.24. The van der Waals surface area contributed by atoms with Crippen LogP contribution < -0.4 is 5.32 Å². The minimum Gasteiger partial charge on any atom is -0.390 e. The molecule has 4 nitrogen and oxygen atoms in total. The second kappa shape index (κ2) is 7.50. The van der Waals surface area contributed by atoms with Crippen LogP contribution in [0.25, 0.3) is 0 Å². The van der Waals surface area contributed by atoms with Crippen molar-refractivity contribution in [1.29, 1.82) is 0 Å². The molecule has 26 heavy (non-hydrogen) atoms. The number of carbonyl (C=O) groups excluding carboxylic acids is 1. The predicted molar refractivity (Wildman–Crippen MR) is 105 cm³/mol. The van der Waals surface area contributed by atoms with E-state index in [0.717, 1.165) is 23.2 Å². The number of hydrogen-bond donors (Lipinski definition) is 2. The first-order chi connectivity index (χ1) is 12.3. The van der Waals surface area contributed by atoms with Crippen molar-refractivity contribution in [3.63, 3.8) is 0 Å². The fourth-order valence-electron chi connectivity index (χ4n) is 3.74. The number of nitrogens with one attached hydrogen (secondary N) is 1. The molecule has 1 aliphatic rings. The third kappa shape index (κ3) is 4.44. The second-order valence-corrected chi connectivity index (χ2v) is 7.75. The summed E-state index contributed by atoms with van der Waals surface area (Å²) in [6, 6.07) is 16.1. The number of aliphatic hydroxyl groups is 1. The maximum Gasteiger partial charge on any atom is 0.321 e. The van der Waals surface area contributed by atoms with Gasteiger partial charge in [0.25, 0.3) is 0 Å². The summed E-state index contributed by atoms with van der Waals surface area (Å²) >= 11 is 0. The quantitative estimate of drug-likeness (QED) is 0.872. The number of carbonyl (C=O) groups is 1. The largest absolute Gasteiger partial charge is 0.390 e. The summed E-state index contributed by atoms with van der Waals surface area (Å²) in [5, 5.41) is 13.8. The molecule has 0 bridgehead atoms. The molecule has 2 N–H and O–H groups in total. The molecule has 1 fully saturated rings. The number of piperidine rings is 1. The van der Waals surface area contributed by atoms with E-state index < -0.39 is 5.60 Å². The molecule has 1 aliphatic heterocycles. The highest BCUT2D eigenvalue weighted by Crippen LogP contribution is 2.31. The Morgan fingerprint density at radius 2 is 1.85 bits per heavy atom. The van der Waals surface area contributed by atoms with Crippen molar-refractivity contribution in [3.05, 3.63) is 65.2 Å². The van der Waals surface area contributed by atoms with Gasteiger partial charge in [-0.15, -0.1) is 0 Å². The van der Waals surface area contributed by atoms with Crippen molar-refractivity contribution < 1.29 is 9.90 Å². The molecular formula is C22H28N2O2. The van der Waals surface area contributed by atoms with Crippen LogP contribution in [0.5, 0.6) is 0 Å². The average molecular weight is 352 g/mol. The Morgan fingerprint density at radius 1 is 1.19 bits per heavy atom. The molecule has 0 spiro atoms. The number of nitrogens with zero attached hydrogens (tertiary/aromatic N) is 1. The zero-order valence-electron chi connectivity index (χ0n) is 15.8. The maximum atomic E-state index is 12.7. The Hall–Kier alpha value is -2.33. The van der Waals surface area contributed by atoms with Crippen LogP contribution in [0.4, 0.5) is 10.5 Å². The highest BCUT2D eigenvalue weighted by atomic mass is 16.3. The van der Waals surface area contributed by atoms with E-state index in [1.54, 1.807) is 0 Å². The molecule has 2 aromatic carbocycles. The van der Waals surface area contributed by atoms with Gasteiger partial charge in [-0.05, 0) is 62.4 Å². The Labute approximate surface area is 155 Å². The van der Waals surface area contributed by atoms with Gasteiger partial charge in [0, 0.05) is 24.7 Å². The van der Waals surface area contributed by atoms with E-state index in [-0.39, 0.29) is 11.9 Å². The number of urea groups is 1. The van der Waals surface area contributed by atoms with Gasteiger partial charge in [0.15, 0.2) is 0 Å². The molecule has 138 valence electrons. The number of likely N-dealkylation sites (tertiary alicyclic amines) is 1. The van der Waals surface area contributed by atoms with E-state index in [9.17, 15) is 9.90 Å². The summed E-state index contributed by atoms with van der Waals surface area (Å²) in [6.45, 7) is 7.06. The van der Waals surface area contributed by atoms with Gasteiger partial charge in [-0.1, -0.05) is 36.4 Å². The highest BCUT2D eigenvalue weighted by molar-refractivity contribution is 5.89. The van der Waals surface area contributed by atoms with Gasteiger partial charge in [-0.25, -0.2) is 4.79 Å². The van der Waals surface area contributed by atoms with Gasteiger partial charge in [0.2, 0.25) is 0 Å². The second-order valence-electron chi connectivity index (χ2n) is 7.75. The molecule has 3 rings (SSSR count). The normalized spacial score (nSPS) is 22.9. The fourth-order valence-corrected chi connectivity index (χ4v) is 3.74. The summed E-state index contributed by atoms with van der Waals surface area (Å²) in [4.78, 5) is 14.6. The lowest BCUT2D eigenvalue weighted by atomic mass is 9.79. The molecule has 0 unspecified atom stereocenters. The van der Waals surface area contributed by atoms with Crippen molar-refractivity contribution in [3.8, 4) is 0 Å². The van der Waals surface area contributed by atoms with Gasteiger partial charge < -0.3 is 15.3 Å². The van der Waals surface area contributed by atoms with Crippen LogP contribution in [0.3, 0.4) is 0 Å². The third-order valence-electron chi connectivity index (χ3n) is 5.29. The molecule has 1 saturated heterocycles. The summed E-state index contributed by atoms with van der Waals surface area (Å²) in [7, 11) is 0. The molecule has 0 aromatic heterocycles. The molecule has 1 heterocycles. The van der Waals surface area contributed by atoms with Gasteiger partial charge in [-0.2, -0.15) is 0 Å². The molecule has 4 heteroatoms. The van der Waals surface area contributed by atoms with Crippen molar-refractivity contribution in [2.24, 2.45) is 5.92 Å². The molecule has 2 aromatic rings. The van der Waals surface area contributed by atoms with Crippen molar-refractivity contribution >= 4 is 11.7 Å². The monoisotopic (exact) mass is 352 g/mol. The minimum absolute atomic E-state index is 0.0173. The van der Waals surface area contributed by atoms with Crippen LogP contribution in [0.1, 0.15) is 30.0 Å². The predicted octanol–water partition coefficient (Wildman–Crippen LogP) is 4.15. The van der Waals surface area contributed by atoms with Crippen LogP contribution in [-0.2, 0) is 6.42 Å². The van der Waals surface area contributed by atoms with Gasteiger partial charge in [0.05, 0.1) is 5.60 Å². The Morgan fingerprint density at radius 3 is 2.50 bits per heavy atom. The smallest absolute Gasteiger partial charge is 0.321 e. The highest BCUT2D eigenvalue weighted by Gasteiger charge is 2.39. The van der Waals surface area contributed by atoms with Crippen molar-refractivity contribution in [2.75, 3.05) is 18.4 Å². The lowest BCUT2D eigenvalue weighted by molar-refractivity contribution is -0.0466. The van der Waals surface area contributed by atoms with Crippen LogP contribution in [0, 0.1) is 19.8 Å². The van der Waals surface area contributed by atoms with E-state index in [1.165, 1.54) is 5.56 Å². The molecule has 2 atom stereocenters. The fraction of sp³-hybridized carbons (Fsp3) is 0.409. The van der Waals surface area contributed by atoms with Gasteiger partial charge in [-0.3, -0.25) is 0 Å². The Balaban J connectivity index is 1.69. The third-order valence-corrected chi connectivity index (χ3v) is 5.29. The van der Waals surface area contributed by atoms with Crippen LogP contribution in [0.2, 0.25) is 0 Å². The number of rotatable bonds is 3. The molecule has 0 saturated carbocycles. The first-order valence-electron chi connectivity index (χ1n) is 9.24. The summed E-state index contributed by atoms with van der Waals surface area (Å²) in [5.74, 6) is 0.0173. The zero-order valence-corrected chi connectivity index (χ0v) is 15.8. The Kier molecular flexibility index (Phi) is 5.33. The Bertz CT molecular complexity index is 751. The number of anilines is 1. The number of aryl methyl sites for hydroxylation is 2. The van der Waals surface area contributed by atoms with Gasteiger partial charge >= 0.3 is 6.03 Å². The molecular weight excluding hydrogens is 324 g/mol. The van der Waals surface area contributed by atoms with E-state index in [1.807, 2.05) is 56.0 Å². The molecule has 0 aliphatic carbocycles. The van der Waals surface area contributed by atoms with Gasteiger partial charge in [0.1, 0.15) is 0 Å². The van der Waals surface area contributed by atoms with Crippen LogP contribution in [0.15, 0.2) is 48.5 Å². The van der Waals surface area contributed by atoms with E-state index in [0.29, 0.717) is 19.5 Å². The van der Waals surface area contributed by atoms with E-state index >= 15 is 0 Å². The number of hydrogen-bond acceptors (Lipinski definition) is 2. The lowest BCUT2D eigenvalue weighted by Crippen LogP contribution is -2.53. The summed E-state index contributed by atoms with van der Waals surface area (Å²) in [6.07, 6.45) is 1.35. The topological polar surface area (TPSA) is 52.6 Å². The standard InChI is InChI=1S/C22H28N2O2/c1-16-11-17(2)13-20(12-16)23-21(25)24-10-9-22(3,26)19(15-24)14-18-7-5-4-6-8-18/h4-8,11-13,19,26H,9-10,14-15H2,1-3H3,(H,23,25)/t19-,22+/m0/s1. The average Bonchev–Trinajstić information content (AvgIpc) is 2.56. The molecule has 0 radical (unpaired) electrons. The molecule has 2 amide bonds. The SMILES string of the molecule is Cc1cc(C)cc(NC(=O)N2CC[C@@](C)(O)[C@@H](Cc3ccccc3)C2)c1.